The predicted molar refractivity (Wildman–Crippen MR) is 85.8 cm³/mol. The van der Waals surface area contributed by atoms with Crippen LogP contribution in [-0.2, 0) is 11.3 Å². The Hall–Kier alpha value is -1.85. The lowest BCUT2D eigenvalue weighted by molar-refractivity contribution is 0.0365. The molecule has 0 saturated carbocycles. The maximum absolute atomic E-state index is 11.3. The lowest BCUT2D eigenvalue weighted by atomic mass is 10.2. The van der Waals surface area contributed by atoms with Gasteiger partial charge in [-0.1, -0.05) is 0 Å². The Morgan fingerprint density at radius 3 is 2.82 bits per heavy atom. The van der Waals surface area contributed by atoms with Crippen LogP contribution in [0.15, 0.2) is 24.4 Å². The second-order valence-electron chi connectivity index (χ2n) is 5.46. The Kier molecular flexibility index (Phi) is 4.75. The summed E-state index contributed by atoms with van der Waals surface area (Å²) in [6.07, 6.45) is 2.86. The van der Waals surface area contributed by atoms with Crippen LogP contribution in [0.5, 0.6) is 5.75 Å². The van der Waals surface area contributed by atoms with E-state index in [2.05, 4.69) is 9.47 Å². The van der Waals surface area contributed by atoms with Gasteiger partial charge in [-0.05, 0) is 25.1 Å². The minimum absolute atomic E-state index is 0.625. The summed E-state index contributed by atoms with van der Waals surface area (Å²) < 4.78 is 13.1. The van der Waals surface area contributed by atoms with Crippen molar-refractivity contribution in [2.45, 2.75) is 13.5 Å². The first-order chi connectivity index (χ1) is 10.8. The van der Waals surface area contributed by atoms with Gasteiger partial charge in [-0.15, -0.1) is 0 Å². The van der Waals surface area contributed by atoms with E-state index in [1.54, 1.807) is 0 Å². The number of fused-ring (bicyclic) bond motifs is 1. The summed E-state index contributed by atoms with van der Waals surface area (Å²) in [5, 5.41) is 0.961. The molecule has 0 radical (unpaired) electrons. The number of aromatic nitrogens is 1. The molecule has 3 rings (SSSR count). The van der Waals surface area contributed by atoms with Gasteiger partial charge in [-0.25, -0.2) is 0 Å². The van der Waals surface area contributed by atoms with Gasteiger partial charge in [0.2, 0.25) is 0 Å². The van der Waals surface area contributed by atoms with Gasteiger partial charge in [0.25, 0.3) is 0 Å². The molecular weight excluding hydrogens is 280 g/mol. The largest absolute Gasteiger partial charge is 0.494 e. The zero-order chi connectivity index (χ0) is 15.4. The molecule has 5 heteroatoms. The van der Waals surface area contributed by atoms with Gasteiger partial charge in [0.05, 0.1) is 19.8 Å². The van der Waals surface area contributed by atoms with Crippen LogP contribution in [0.1, 0.15) is 17.3 Å². The van der Waals surface area contributed by atoms with Crippen LogP contribution in [0, 0.1) is 0 Å². The summed E-state index contributed by atoms with van der Waals surface area (Å²) in [6, 6.07) is 5.95. The van der Waals surface area contributed by atoms with Crippen molar-refractivity contribution in [1.29, 1.82) is 0 Å². The summed E-state index contributed by atoms with van der Waals surface area (Å²) in [7, 11) is 0. The van der Waals surface area contributed by atoms with Crippen LogP contribution in [0.4, 0.5) is 0 Å². The van der Waals surface area contributed by atoms with Gasteiger partial charge in [0, 0.05) is 48.8 Å². The van der Waals surface area contributed by atoms with Gasteiger partial charge in [0.15, 0.2) is 6.29 Å². The number of carbonyl (C=O) groups excluding carboxylic acids is 1. The maximum atomic E-state index is 11.3. The molecular formula is C17H22N2O3. The van der Waals surface area contributed by atoms with E-state index in [1.807, 2.05) is 31.3 Å². The number of rotatable bonds is 6. The first kappa shape index (κ1) is 15.1. The van der Waals surface area contributed by atoms with Crippen molar-refractivity contribution in [3.8, 4) is 5.75 Å². The number of aldehydes is 1. The van der Waals surface area contributed by atoms with Crippen molar-refractivity contribution in [3.05, 3.63) is 30.0 Å². The average Bonchev–Trinajstić information content (AvgIpc) is 2.91. The van der Waals surface area contributed by atoms with Crippen LogP contribution in [0.3, 0.4) is 0 Å². The number of hydrogen-bond donors (Lipinski definition) is 0. The lowest BCUT2D eigenvalue weighted by Crippen LogP contribution is -2.38. The fourth-order valence-electron chi connectivity index (χ4n) is 2.91. The van der Waals surface area contributed by atoms with E-state index in [9.17, 15) is 4.79 Å². The van der Waals surface area contributed by atoms with Crippen molar-refractivity contribution in [2.24, 2.45) is 0 Å². The Morgan fingerprint density at radius 2 is 2.09 bits per heavy atom. The summed E-state index contributed by atoms with van der Waals surface area (Å²) >= 11 is 0. The van der Waals surface area contributed by atoms with Crippen molar-refractivity contribution in [1.82, 2.24) is 9.47 Å². The molecule has 2 heterocycles. The topological polar surface area (TPSA) is 43.7 Å². The minimum atomic E-state index is 0.625. The van der Waals surface area contributed by atoms with E-state index < -0.39 is 0 Å². The molecule has 1 fully saturated rings. The van der Waals surface area contributed by atoms with E-state index in [1.165, 1.54) is 0 Å². The molecule has 1 aliphatic rings. The van der Waals surface area contributed by atoms with Gasteiger partial charge >= 0.3 is 0 Å². The smallest absolute Gasteiger partial charge is 0.152 e. The standard InChI is InChI=1S/C17H22N2O3/c1-2-22-15-3-4-17-16(11-15)14(13-20)12-19(17)6-5-18-7-9-21-10-8-18/h3-4,11-13H,2,5-10H2,1H3. The Labute approximate surface area is 130 Å². The van der Waals surface area contributed by atoms with Crippen LogP contribution in [0.2, 0.25) is 0 Å². The fraction of sp³-hybridized carbons (Fsp3) is 0.471. The second kappa shape index (κ2) is 6.94. The highest BCUT2D eigenvalue weighted by molar-refractivity contribution is 5.98. The van der Waals surface area contributed by atoms with Gasteiger partial charge in [0.1, 0.15) is 5.75 Å². The Morgan fingerprint density at radius 1 is 1.27 bits per heavy atom. The summed E-state index contributed by atoms with van der Waals surface area (Å²) in [5.74, 6) is 0.809. The summed E-state index contributed by atoms with van der Waals surface area (Å²) in [4.78, 5) is 13.7. The Balaban J connectivity index is 1.81. The zero-order valence-corrected chi connectivity index (χ0v) is 13.0. The molecule has 0 unspecified atom stereocenters. The van der Waals surface area contributed by atoms with Gasteiger partial charge in [-0.3, -0.25) is 9.69 Å². The van der Waals surface area contributed by atoms with Crippen molar-refractivity contribution in [3.63, 3.8) is 0 Å². The molecule has 2 aromatic rings. The third kappa shape index (κ3) is 3.15. The first-order valence-electron chi connectivity index (χ1n) is 7.83. The Bertz CT molecular complexity index is 645. The number of morpholine rings is 1. The molecule has 0 aliphatic carbocycles. The molecule has 1 aliphatic heterocycles. The van der Waals surface area contributed by atoms with Crippen LogP contribution >= 0.6 is 0 Å². The van der Waals surface area contributed by atoms with Crippen LogP contribution in [-0.4, -0.2) is 55.2 Å². The third-order valence-corrected chi connectivity index (χ3v) is 4.08. The molecule has 0 N–H and O–H groups in total. The van der Waals surface area contributed by atoms with Gasteiger partial charge < -0.3 is 14.0 Å². The first-order valence-corrected chi connectivity index (χ1v) is 7.83. The highest BCUT2D eigenvalue weighted by Crippen LogP contribution is 2.25. The van der Waals surface area contributed by atoms with Crippen LogP contribution in [0.25, 0.3) is 10.9 Å². The van der Waals surface area contributed by atoms with E-state index in [-0.39, 0.29) is 0 Å². The van der Waals surface area contributed by atoms with Crippen molar-refractivity contribution >= 4 is 17.2 Å². The maximum Gasteiger partial charge on any atom is 0.152 e. The highest BCUT2D eigenvalue weighted by Gasteiger charge is 2.13. The molecule has 0 spiro atoms. The van der Waals surface area contributed by atoms with E-state index in [0.29, 0.717) is 6.61 Å². The number of hydrogen-bond acceptors (Lipinski definition) is 4. The molecule has 0 bridgehead atoms. The van der Waals surface area contributed by atoms with E-state index in [4.69, 9.17) is 9.47 Å². The van der Waals surface area contributed by atoms with E-state index in [0.717, 1.165) is 67.9 Å². The van der Waals surface area contributed by atoms with Crippen LogP contribution < -0.4 is 4.74 Å². The van der Waals surface area contributed by atoms with Gasteiger partial charge in [-0.2, -0.15) is 0 Å². The predicted octanol–water partition coefficient (Wildman–Crippen LogP) is 2.18. The number of carbonyl (C=O) groups is 1. The molecule has 1 aromatic carbocycles. The molecule has 22 heavy (non-hydrogen) atoms. The fourth-order valence-corrected chi connectivity index (χ4v) is 2.91. The number of benzene rings is 1. The molecule has 118 valence electrons. The average molecular weight is 302 g/mol. The molecule has 5 nitrogen and oxygen atoms in total. The highest BCUT2D eigenvalue weighted by atomic mass is 16.5. The summed E-state index contributed by atoms with van der Waals surface area (Å²) in [6.45, 7) is 8.00. The number of nitrogens with zero attached hydrogens (tertiary/aromatic N) is 2. The molecule has 0 amide bonds. The normalized spacial score (nSPS) is 16.0. The monoisotopic (exact) mass is 302 g/mol. The van der Waals surface area contributed by atoms with Crippen molar-refractivity contribution in [2.75, 3.05) is 39.5 Å². The minimum Gasteiger partial charge on any atom is -0.494 e. The van der Waals surface area contributed by atoms with Crippen molar-refractivity contribution < 1.29 is 14.3 Å². The second-order valence-corrected chi connectivity index (χ2v) is 5.46. The molecule has 1 saturated heterocycles. The zero-order valence-electron chi connectivity index (χ0n) is 13.0. The van der Waals surface area contributed by atoms with E-state index >= 15 is 0 Å². The molecule has 1 aromatic heterocycles. The molecule has 0 atom stereocenters. The lowest BCUT2D eigenvalue weighted by Gasteiger charge is -2.26. The number of ether oxygens (including phenoxy) is 2. The quantitative estimate of drug-likeness (QED) is 0.767. The third-order valence-electron chi connectivity index (χ3n) is 4.08. The SMILES string of the molecule is CCOc1ccc2c(c1)c(C=O)cn2CCN1CCOCC1. The summed E-state index contributed by atoms with van der Waals surface area (Å²) in [5.41, 5.74) is 1.80.